The number of aryl methyl sites for hydroxylation is 1. The molecule has 2 N–H and O–H groups in total. The molecule has 0 fully saturated rings. The van der Waals surface area contributed by atoms with Crippen LogP contribution in [0, 0.1) is 6.92 Å². The second-order valence-corrected chi connectivity index (χ2v) is 6.47. The lowest BCUT2D eigenvalue weighted by Crippen LogP contribution is -2.37. The molecule has 2 heterocycles. The largest absolute Gasteiger partial charge is 0.434 e. The van der Waals surface area contributed by atoms with Crippen LogP contribution in [0.4, 0.5) is 13.2 Å². The number of nitrogens with zero attached hydrogens (tertiary/aromatic N) is 3. The first kappa shape index (κ1) is 17.7. The van der Waals surface area contributed by atoms with E-state index in [9.17, 15) is 13.2 Å². The minimum atomic E-state index is -4.38. The van der Waals surface area contributed by atoms with Crippen LogP contribution in [-0.4, -0.2) is 29.5 Å². The van der Waals surface area contributed by atoms with Crippen molar-refractivity contribution >= 4 is 28.6 Å². The fourth-order valence-electron chi connectivity index (χ4n) is 1.72. The van der Waals surface area contributed by atoms with E-state index in [1.807, 2.05) is 6.92 Å². The summed E-state index contributed by atoms with van der Waals surface area (Å²) in [7, 11) is 1.64. The molecule has 0 unspecified atom stereocenters. The number of alkyl halides is 3. The molecule has 0 radical (unpaired) electrons. The zero-order valence-electron chi connectivity index (χ0n) is 12.6. The number of hydrogen-bond donors (Lipinski definition) is 2. The van der Waals surface area contributed by atoms with E-state index in [4.69, 9.17) is 0 Å². The molecule has 0 spiro atoms. The zero-order valence-corrected chi connectivity index (χ0v) is 14.2. The first-order valence-electron chi connectivity index (χ1n) is 6.75. The van der Waals surface area contributed by atoms with E-state index < -0.39 is 11.9 Å². The fraction of sp³-hybridized carbons (Fsp3) is 0.462. The number of guanidine groups is 1. The third-order valence-electron chi connectivity index (χ3n) is 2.96. The summed E-state index contributed by atoms with van der Waals surface area (Å²) >= 11 is 2.57. The summed E-state index contributed by atoms with van der Waals surface area (Å²) in [6.45, 7) is 2.99. The van der Waals surface area contributed by atoms with Gasteiger partial charge in [-0.1, -0.05) is 0 Å². The van der Waals surface area contributed by atoms with Crippen LogP contribution in [0.25, 0.3) is 0 Å². The van der Waals surface area contributed by atoms with Crippen molar-refractivity contribution in [2.75, 3.05) is 13.6 Å². The second kappa shape index (κ2) is 7.73. The molecular formula is C13H16F3N5S2. The van der Waals surface area contributed by atoms with Gasteiger partial charge in [-0.25, -0.2) is 9.97 Å². The van der Waals surface area contributed by atoms with Crippen LogP contribution in [0.15, 0.2) is 15.9 Å². The summed E-state index contributed by atoms with van der Waals surface area (Å²) in [5, 5.41) is 7.68. The van der Waals surface area contributed by atoms with E-state index in [1.165, 1.54) is 0 Å². The summed E-state index contributed by atoms with van der Waals surface area (Å²) < 4.78 is 37.4. The maximum Gasteiger partial charge on any atom is 0.434 e. The highest BCUT2D eigenvalue weighted by molar-refractivity contribution is 7.10. The Bertz CT molecular complexity index is 663. The number of thiazole rings is 2. The number of halogens is 3. The number of rotatable bonds is 5. The van der Waals surface area contributed by atoms with Crippen molar-refractivity contribution in [2.24, 2.45) is 4.99 Å². The van der Waals surface area contributed by atoms with E-state index in [2.05, 4.69) is 25.6 Å². The maximum atomic E-state index is 12.5. The molecule has 0 amide bonds. The lowest BCUT2D eigenvalue weighted by molar-refractivity contribution is -0.140. The normalized spacial score (nSPS) is 12.5. The average molecular weight is 363 g/mol. The van der Waals surface area contributed by atoms with Crippen molar-refractivity contribution in [2.45, 2.75) is 26.1 Å². The van der Waals surface area contributed by atoms with Gasteiger partial charge in [0, 0.05) is 30.3 Å². The number of aromatic nitrogens is 2. The maximum absolute atomic E-state index is 12.5. The first-order chi connectivity index (χ1) is 10.9. The van der Waals surface area contributed by atoms with Crippen molar-refractivity contribution in [1.82, 2.24) is 20.6 Å². The van der Waals surface area contributed by atoms with Crippen LogP contribution >= 0.6 is 22.7 Å². The van der Waals surface area contributed by atoms with Crippen LogP contribution < -0.4 is 10.6 Å². The van der Waals surface area contributed by atoms with Crippen LogP contribution in [0.3, 0.4) is 0 Å². The molecular weight excluding hydrogens is 347 g/mol. The summed E-state index contributed by atoms with van der Waals surface area (Å²) in [6.07, 6.45) is -3.98. The smallest absolute Gasteiger partial charge is 0.356 e. The van der Waals surface area contributed by atoms with E-state index in [0.29, 0.717) is 30.5 Å². The SMILES string of the molecule is CN=C(NCCc1nc(C(F)(F)F)cs1)NCc1scnc1C. The van der Waals surface area contributed by atoms with Gasteiger partial charge in [-0.3, -0.25) is 4.99 Å². The molecule has 10 heteroatoms. The second-order valence-electron chi connectivity index (χ2n) is 4.59. The van der Waals surface area contributed by atoms with E-state index in [0.717, 1.165) is 27.3 Å². The Kier molecular flexibility index (Phi) is 5.94. The summed E-state index contributed by atoms with van der Waals surface area (Å²) in [5.41, 5.74) is 1.92. The zero-order chi connectivity index (χ0) is 16.9. The molecule has 0 saturated carbocycles. The third kappa shape index (κ3) is 5.17. The van der Waals surface area contributed by atoms with E-state index in [1.54, 1.807) is 23.9 Å². The molecule has 23 heavy (non-hydrogen) atoms. The third-order valence-corrected chi connectivity index (χ3v) is 4.80. The number of hydrogen-bond acceptors (Lipinski definition) is 5. The molecule has 0 aliphatic rings. The highest BCUT2D eigenvalue weighted by Crippen LogP contribution is 2.29. The molecule has 0 atom stereocenters. The van der Waals surface area contributed by atoms with Crippen molar-refractivity contribution < 1.29 is 13.2 Å². The molecule has 0 saturated heterocycles. The van der Waals surface area contributed by atoms with Gasteiger partial charge in [0.05, 0.1) is 22.8 Å². The van der Waals surface area contributed by atoms with Crippen molar-refractivity contribution in [3.05, 3.63) is 32.2 Å². The average Bonchev–Trinajstić information content (AvgIpc) is 3.11. The Labute approximate surface area is 139 Å². The number of aliphatic imine (C=N–C) groups is 1. The summed E-state index contributed by atoms with van der Waals surface area (Å²) in [6, 6.07) is 0. The predicted octanol–water partition coefficient (Wildman–Crippen LogP) is 2.83. The summed E-state index contributed by atoms with van der Waals surface area (Å²) in [4.78, 5) is 12.9. The van der Waals surface area contributed by atoms with Gasteiger partial charge >= 0.3 is 6.18 Å². The highest BCUT2D eigenvalue weighted by Gasteiger charge is 2.33. The first-order valence-corrected chi connectivity index (χ1v) is 8.51. The quantitative estimate of drug-likeness (QED) is 0.633. The molecule has 0 aliphatic heterocycles. The van der Waals surface area contributed by atoms with Gasteiger partial charge in [-0.15, -0.1) is 22.7 Å². The monoisotopic (exact) mass is 363 g/mol. The standard InChI is InChI=1S/C13H16F3N5S2/c1-8-9(23-7-20-8)5-19-12(17-2)18-4-3-11-21-10(6-22-11)13(14,15)16/h6-7H,3-5H2,1-2H3,(H2,17,18,19). The molecule has 2 rings (SSSR count). The lowest BCUT2D eigenvalue weighted by atomic mass is 10.4. The Morgan fingerprint density at radius 2 is 2.09 bits per heavy atom. The Morgan fingerprint density at radius 1 is 1.30 bits per heavy atom. The Hall–Kier alpha value is -1.68. The van der Waals surface area contributed by atoms with Gasteiger partial charge < -0.3 is 10.6 Å². The number of nitrogens with one attached hydrogen (secondary N) is 2. The Morgan fingerprint density at radius 3 is 2.65 bits per heavy atom. The molecule has 126 valence electrons. The van der Waals surface area contributed by atoms with Gasteiger partial charge in [0.15, 0.2) is 11.7 Å². The fourth-order valence-corrected chi connectivity index (χ4v) is 3.25. The van der Waals surface area contributed by atoms with Crippen molar-refractivity contribution in [3.8, 4) is 0 Å². The Balaban J connectivity index is 1.78. The molecule has 2 aromatic heterocycles. The minimum absolute atomic E-state index is 0.404. The predicted molar refractivity (Wildman–Crippen MR) is 85.9 cm³/mol. The van der Waals surface area contributed by atoms with Crippen LogP contribution in [-0.2, 0) is 19.1 Å². The molecule has 0 aromatic carbocycles. The molecule has 5 nitrogen and oxygen atoms in total. The van der Waals surface area contributed by atoms with Gasteiger partial charge in [-0.2, -0.15) is 13.2 Å². The minimum Gasteiger partial charge on any atom is -0.356 e. The lowest BCUT2D eigenvalue weighted by Gasteiger charge is -2.10. The van der Waals surface area contributed by atoms with Crippen LogP contribution in [0.5, 0.6) is 0 Å². The molecule has 0 aliphatic carbocycles. The van der Waals surface area contributed by atoms with Gasteiger partial charge in [0.25, 0.3) is 0 Å². The van der Waals surface area contributed by atoms with E-state index in [-0.39, 0.29) is 0 Å². The van der Waals surface area contributed by atoms with E-state index >= 15 is 0 Å². The van der Waals surface area contributed by atoms with Crippen LogP contribution in [0.2, 0.25) is 0 Å². The topological polar surface area (TPSA) is 62.2 Å². The molecule has 2 aromatic rings. The van der Waals surface area contributed by atoms with Gasteiger partial charge in [0.1, 0.15) is 0 Å². The summed E-state index contributed by atoms with van der Waals surface area (Å²) in [5.74, 6) is 0.588. The van der Waals surface area contributed by atoms with Crippen molar-refractivity contribution in [3.63, 3.8) is 0 Å². The van der Waals surface area contributed by atoms with Gasteiger partial charge in [-0.05, 0) is 6.92 Å². The molecule has 0 bridgehead atoms. The van der Waals surface area contributed by atoms with Crippen molar-refractivity contribution in [1.29, 1.82) is 0 Å². The highest BCUT2D eigenvalue weighted by atomic mass is 32.1. The van der Waals surface area contributed by atoms with Crippen LogP contribution in [0.1, 0.15) is 21.3 Å². The van der Waals surface area contributed by atoms with Gasteiger partial charge in [0.2, 0.25) is 0 Å².